The van der Waals surface area contributed by atoms with Crippen molar-refractivity contribution in [3.63, 3.8) is 0 Å². The summed E-state index contributed by atoms with van der Waals surface area (Å²) in [4.78, 5) is 6.71. The summed E-state index contributed by atoms with van der Waals surface area (Å²) in [6, 6.07) is 2.01. The molecular formula is C24H39FN4O. The Bertz CT molecular complexity index is 760. The molecule has 7 atom stereocenters. The molecule has 2 saturated carbocycles. The van der Waals surface area contributed by atoms with E-state index in [1.165, 1.54) is 19.3 Å². The van der Waals surface area contributed by atoms with Gasteiger partial charge in [0.1, 0.15) is 0 Å². The van der Waals surface area contributed by atoms with E-state index in [0.29, 0.717) is 48.1 Å². The fourth-order valence-electron chi connectivity index (χ4n) is 6.75. The van der Waals surface area contributed by atoms with E-state index >= 15 is 4.39 Å². The van der Waals surface area contributed by atoms with E-state index in [9.17, 15) is 0 Å². The Hall–Kier alpha value is -1.40. The standard InChI is InChI=1S/C24H39FN4O/c1-14-6-19-10-24(8-14,13-26)9-15(2)22(19)28-21-7-20(25)23(27-18(21)5)29-11-16(3)30-17(4)12-29/h7,14-17,19,22,28H,6,8-13,26H2,1-5H3. The van der Waals surface area contributed by atoms with Gasteiger partial charge in [0.25, 0.3) is 0 Å². The van der Waals surface area contributed by atoms with Gasteiger partial charge in [0.2, 0.25) is 0 Å². The number of nitrogens with zero attached hydrogens (tertiary/aromatic N) is 2. The average Bonchev–Trinajstić information content (AvgIpc) is 2.66. The Morgan fingerprint density at radius 3 is 2.57 bits per heavy atom. The first-order valence-corrected chi connectivity index (χ1v) is 11.7. The number of ether oxygens (including phenoxy) is 1. The number of hydrogen-bond acceptors (Lipinski definition) is 5. The lowest BCUT2D eigenvalue weighted by atomic mass is 9.55. The maximum atomic E-state index is 15.1. The highest BCUT2D eigenvalue weighted by Crippen LogP contribution is 2.53. The van der Waals surface area contributed by atoms with Gasteiger partial charge in [-0.15, -0.1) is 0 Å². The predicted octanol–water partition coefficient (Wildman–Crippen LogP) is 4.34. The van der Waals surface area contributed by atoms with Crippen molar-refractivity contribution in [1.82, 2.24) is 4.98 Å². The van der Waals surface area contributed by atoms with Gasteiger partial charge in [0.05, 0.1) is 23.6 Å². The Morgan fingerprint density at radius 2 is 1.90 bits per heavy atom. The second kappa shape index (κ2) is 8.27. The van der Waals surface area contributed by atoms with Crippen LogP contribution in [0, 0.1) is 35.9 Å². The summed E-state index contributed by atoms with van der Waals surface area (Å²) in [5, 5.41) is 3.72. The van der Waals surface area contributed by atoms with E-state index in [4.69, 9.17) is 15.5 Å². The third kappa shape index (κ3) is 4.18. The Morgan fingerprint density at radius 1 is 1.20 bits per heavy atom. The lowest BCUT2D eigenvalue weighted by molar-refractivity contribution is -0.00566. The third-order valence-electron chi connectivity index (χ3n) is 7.68. The molecular weight excluding hydrogens is 379 g/mol. The van der Waals surface area contributed by atoms with Crippen LogP contribution in [0.2, 0.25) is 0 Å². The van der Waals surface area contributed by atoms with Crippen molar-refractivity contribution in [2.75, 3.05) is 29.9 Å². The van der Waals surface area contributed by atoms with Gasteiger partial charge in [-0.2, -0.15) is 0 Å². The monoisotopic (exact) mass is 418 g/mol. The van der Waals surface area contributed by atoms with Crippen LogP contribution in [0.1, 0.15) is 59.1 Å². The molecule has 0 amide bonds. The Labute approximate surface area is 180 Å². The molecule has 3 N–H and O–H groups in total. The predicted molar refractivity (Wildman–Crippen MR) is 120 cm³/mol. The fraction of sp³-hybridized carbons (Fsp3) is 0.792. The molecule has 7 unspecified atom stereocenters. The van der Waals surface area contributed by atoms with Crippen LogP contribution >= 0.6 is 0 Å². The van der Waals surface area contributed by atoms with Gasteiger partial charge in [0.15, 0.2) is 11.6 Å². The van der Waals surface area contributed by atoms with Crippen molar-refractivity contribution in [2.45, 2.75) is 78.6 Å². The number of morpholine rings is 1. The summed E-state index contributed by atoms with van der Waals surface area (Å²) in [6.45, 7) is 12.8. The van der Waals surface area contributed by atoms with Gasteiger partial charge >= 0.3 is 0 Å². The lowest BCUT2D eigenvalue weighted by Gasteiger charge is -2.53. The van der Waals surface area contributed by atoms with Crippen molar-refractivity contribution >= 4 is 11.5 Å². The summed E-state index contributed by atoms with van der Waals surface area (Å²) in [5.41, 5.74) is 8.22. The first-order valence-electron chi connectivity index (χ1n) is 11.7. The number of nitrogens with one attached hydrogen (secondary N) is 1. The van der Waals surface area contributed by atoms with Gasteiger partial charge in [0, 0.05) is 25.2 Å². The van der Waals surface area contributed by atoms with E-state index in [1.54, 1.807) is 6.07 Å². The molecule has 4 rings (SSSR count). The maximum Gasteiger partial charge on any atom is 0.167 e. The molecule has 30 heavy (non-hydrogen) atoms. The number of anilines is 2. The van der Waals surface area contributed by atoms with Gasteiger partial charge in [-0.3, -0.25) is 0 Å². The van der Waals surface area contributed by atoms with Gasteiger partial charge in [-0.05, 0) is 76.2 Å². The number of rotatable bonds is 4. The largest absolute Gasteiger partial charge is 0.380 e. The SMILES string of the molecule is Cc1nc(N2CC(C)OC(C)C2)c(F)cc1NC1C(C)CC2(CN)CC(C)CC1C2. The van der Waals surface area contributed by atoms with Crippen LogP contribution in [0.15, 0.2) is 6.07 Å². The molecule has 1 aromatic heterocycles. The highest BCUT2D eigenvalue weighted by Gasteiger charge is 2.48. The van der Waals surface area contributed by atoms with Crippen LogP contribution in [-0.2, 0) is 4.74 Å². The second-order valence-corrected chi connectivity index (χ2v) is 10.7. The summed E-state index contributed by atoms with van der Waals surface area (Å²) in [6.07, 6.45) is 4.96. The molecule has 2 bridgehead atoms. The second-order valence-electron chi connectivity index (χ2n) is 10.7. The van der Waals surface area contributed by atoms with Crippen LogP contribution in [0.4, 0.5) is 15.9 Å². The Kier molecular flexibility index (Phi) is 6.01. The number of aromatic nitrogens is 1. The van der Waals surface area contributed by atoms with Gasteiger partial charge in [-0.25, -0.2) is 9.37 Å². The molecule has 2 aliphatic carbocycles. The molecule has 1 saturated heterocycles. The zero-order valence-electron chi connectivity index (χ0n) is 19.2. The van der Waals surface area contributed by atoms with Crippen molar-refractivity contribution in [3.8, 4) is 0 Å². The molecule has 3 fully saturated rings. The molecule has 3 aliphatic rings. The van der Waals surface area contributed by atoms with Crippen molar-refractivity contribution < 1.29 is 9.13 Å². The van der Waals surface area contributed by atoms with Crippen LogP contribution in [0.25, 0.3) is 0 Å². The summed E-state index contributed by atoms with van der Waals surface area (Å²) >= 11 is 0. The fourth-order valence-corrected chi connectivity index (χ4v) is 6.75. The van der Waals surface area contributed by atoms with E-state index < -0.39 is 0 Å². The molecule has 0 radical (unpaired) electrons. The average molecular weight is 419 g/mol. The number of nitrogens with two attached hydrogens (primary N) is 1. The topological polar surface area (TPSA) is 63.4 Å². The molecule has 6 heteroatoms. The maximum absolute atomic E-state index is 15.1. The van der Waals surface area contributed by atoms with Gasteiger partial charge < -0.3 is 20.7 Å². The zero-order chi connectivity index (χ0) is 21.6. The van der Waals surface area contributed by atoms with E-state index in [-0.39, 0.29) is 18.0 Å². The summed E-state index contributed by atoms with van der Waals surface area (Å²) < 4.78 is 20.9. The minimum absolute atomic E-state index is 0.0762. The van der Waals surface area contributed by atoms with E-state index in [1.807, 2.05) is 25.7 Å². The molecule has 5 nitrogen and oxygen atoms in total. The molecule has 168 valence electrons. The van der Waals surface area contributed by atoms with Crippen molar-refractivity contribution in [3.05, 3.63) is 17.6 Å². The van der Waals surface area contributed by atoms with Crippen molar-refractivity contribution in [2.24, 2.45) is 28.9 Å². The number of pyridine rings is 1. The zero-order valence-corrected chi connectivity index (χ0v) is 19.2. The smallest absolute Gasteiger partial charge is 0.167 e. The highest BCUT2D eigenvalue weighted by molar-refractivity contribution is 5.55. The van der Waals surface area contributed by atoms with Crippen LogP contribution < -0.4 is 16.0 Å². The number of hydrogen-bond donors (Lipinski definition) is 2. The minimum atomic E-state index is -0.249. The normalized spacial score (nSPS) is 39.1. The molecule has 1 aromatic rings. The Balaban J connectivity index is 1.54. The quantitative estimate of drug-likeness (QED) is 0.761. The van der Waals surface area contributed by atoms with E-state index in [2.05, 4.69) is 19.2 Å². The minimum Gasteiger partial charge on any atom is -0.380 e. The number of fused-ring (bicyclic) bond motifs is 2. The van der Waals surface area contributed by atoms with Gasteiger partial charge in [-0.1, -0.05) is 13.8 Å². The summed E-state index contributed by atoms with van der Waals surface area (Å²) in [7, 11) is 0. The third-order valence-corrected chi connectivity index (χ3v) is 7.68. The summed E-state index contributed by atoms with van der Waals surface area (Å²) in [5.74, 6) is 2.01. The lowest BCUT2D eigenvalue weighted by Crippen LogP contribution is -2.52. The first kappa shape index (κ1) is 21.8. The van der Waals surface area contributed by atoms with Crippen LogP contribution in [-0.4, -0.2) is 42.9 Å². The molecule has 1 aliphatic heterocycles. The van der Waals surface area contributed by atoms with E-state index in [0.717, 1.165) is 24.3 Å². The highest BCUT2D eigenvalue weighted by atomic mass is 19.1. The first-order chi connectivity index (χ1) is 14.2. The van der Waals surface area contributed by atoms with Crippen LogP contribution in [0.3, 0.4) is 0 Å². The molecule has 0 aromatic carbocycles. The molecule has 0 spiro atoms. The number of halogens is 1. The van der Waals surface area contributed by atoms with Crippen molar-refractivity contribution in [1.29, 1.82) is 0 Å². The van der Waals surface area contributed by atoms with Crippen LogP contribution in [0.5, 0.6) is 0 Å². The molecule has 2 heterocycles. The number of aryl methyl sites for hydroxylation is 1.